The van der Waals surface area contributed by atoms with E-state index in [9.17, 15) is 0 Å². The van der Waals surface area contributed by atoms with Crippen LogP contribution in [0.1, 0.15) is 62.9 Å². The summed E-state index contributed by atoms with van der Waals surface area (Å²) >= 11 is 7.98. The van der Waals surface area contributed by atoms with Crippen LogP contribution in [0.25, 0.3) is 0 Å². The summed E-state index contributed by atoms with van der Waals surface area (Å²) in [5.41, 5.74) is 2.44. The van der Waals surface area contributed by atoms with Gasteiger partial charge in [0, 0.05) is 17.0 Å². The van der Waals surface area contributed by atoms with Crippen LogP contribution in [-0.2, 0) is 6.42 Å². The van der Waals surface area contributed by atoms with Gasteiger partial charge in [0.15, 0.2) is 0 Å². The molecule has 2 fully saturated rings. The molecule has 0 spiro atoms. The zero-order valence-electron chi connectivity index (χ0n) is 12.6. The van der Waals surface area contributed by atoms with Crippen LogP contribution in [0.3, 0.4) is 0 Å². The van der Waals surface area contributed by atoms with Crippen molar-refractivity contribution in [2.75, 3.05) is 0 Å². The van der Waals surface area contributed by atoms with Crippen molar-refractivity contribution in [3.8, 4) is 0 Å². The summed E-state index contributed by atoms with van der Waals surface area (Å²) in [4.78, 5) is 1.51. The van der Waals surface area contributed by atoms with Gasteiger partial charge < -0.3 is 5.32 Å². The number of halogens is 1. The molecule has 0 saturated heterocycles. The first-order chi connectivity index (χ1) is 9.40. The van der Waals surface area contributed by atoms with E-state index in [1.54, 1.807) is 11.3 Å². The number of fused-ring (bicyclic) bond motifs is 3. The lowest BCUT2D eigenvalue weighted by molar-refractivity contribution is 0.0983. The molecule has 2 bridgehead atoms. The molecule has 1 aromatic heterocycles. The minimum atomic E-state index is 0.440. The first-order valence-corrected chi connectivity index (χ1v) is 9.14. The average Bonchev–Trinajstić information content (AvgIpc) is 3.03. The van der Waals surface area contributed by atoms with Gasteiger partial charge in [0.25, 0.3) is 0 Å². The third kappa shape index (κ3) is 1.77. The lowest BCUT2D eigenvalue weighted by Gasteiger charge is -2.44. The van der Waals surface area contributed by atoms with E-state index in [-0.39, 0.29) is 0 Å². The van der Waals surface area contributed by atoms with Crippen LogP contribution in [0.2, 0.25) is 4.34 Å². The van der Waals surface area contributed by atoms with Gasteiger partial charge >= 0.3 is 0 Å². The quantitative estimate of drug-likeness (QED) is 0.792. The molecule has 110 valence electrons. The highest BCUT2D eigenvalue weighted by molar-refractivity contribution is 7.16. The van der Waals surface area contributed by atoms with E-state index >= 15 is 0 Å². The van der Waals surface area contributed by atoms with Crippen molar-refractivity contribution in [1.82, 2.24) is 5.32 Å². The van der Waals surface area contributed by atoms with E-state index in [1.807, 2.05) is 0 Å². The minimum absolute atomic E-state index is 0.440. The van der Waals surface area contributed by atoms with Crippen LogP contribution >= 0.6 is 22.9 Å². The molecule has 4 atom stereocenters. The molecular formula is C17H24ClNS. The van der Waals surface area contributed by atoms with Crippen molar-refractivity contribution in [3.05, 3.63) is 20.8 Å². The van der Waals surface area contributed by atoms with E-state index in [2.05, 4.69) is 32.2 Å². The molecule has 1 N–H and O–H groups in total. The van der Waals surface area contributed by atoms with Gasteiger partial charge in [-0.15, -0.1) is 11.3 Å². The fourth-order valence-corrected chi connectivity index (χ4v) is 6.78. The second-order valence-electron chi connectivity index (χ2n) is 8.04. The fraction of sp³-hybridized carbons (Fsp3) is 0.765. The molecule has 2 saturated carbocycles. The van der Waals surface area contributed by atoms with Gasteiger partial charge in [0.1, 0.15) is 0 Å². The number of nitrogens with one attached hydrogen (secondary N) is 1. The third-order valence-corrected chi connectivity index (χ3v) is 7.82. The lowest BCUT2D eigenvalue weighted by atomic mass is 9.68. The molecule has 1 heterocycles. The summed E-state index contributed by atoms with van der Waals surface area (Å²) < 4.78 is 0.958. The molecule has 1 nitrogen and oxygen atoms in total. The summed E-state index contributed by atoms with van der Waals surface area (Å²) in [5.74, 6) is 0.914. The summed E-state index contributed by atoms with van der Waals surface area (Å²) in [6, 6.07) is 3.40. The van der Waals surface area contributed by atoms with E-state index in [0.29, 0.717) is 22.9 Å². The normalized spacial score (nSPS) is 41.3. The number of hydrogen-bond acceptors (Lipinski definition) is 2. The molecule has 1 aromatic rings. The highest BCUT2D eigenvalue weighted by Gasteiger charge is 2.59. The fourth-order valence-electron chi connectivity index (χ4n) is 5.42. The lowest BCUT2D eigenvalue weighted by Crippen LogP contribution is -2.51. The Morgan fingerprint density at radius 1 is 1.30 bits per heavy atom. The summed E-state index contributed by atoms with van der Waals surface area (Å²) in [5, 5.41) is 4.06. The largest absolute Gasteiger partial charge is 0.306 e. The zero-order valence-corrected chi connectivity index (χ0v) is 14.2. The molecule has 0 aromatic carbocycles. The molecular weight excluding hydrogens is 286 g/mol. The maximum Gasteiger partial charge on any atom is 0.0934 e. The Morgan fingerprint density at radius 2 is 2.10 bits per heavy atom. The molecule has 3 aliphatic rings. The number of rotatable bonds is 2. The van der Waals surface area contributed by atoms with Crippen LogP contribution in [0.4, 0.5) is 0 Å². The van der Waals surface area contributed by atoms with Gasteiger partial charge in [-0.05, 0) is 60.5 Å². The summed E-state index contributed by atoms with van der Waals surface area (Å²) in [7, 11) is 0. The first kappa shape index (κ1) is 13.6. The summed E-state index contributed by atoms with van der Waals surface area (Å²) in [6.07, 6.45) is 6.72. The monoisotopic (exact) mass is 309 g/mol. The molecule has 3 heteroatoms. The van der Waals surface area contributed by atoms with Crippen LogP contribution in [0.5, 0.6) is 0 Å². The van der Waals surface area contributed by atoms with Crippen LogP contribution in [0.15, 0.2) is 6.07 Å². The van der Waals surface area contributed by atoms with Gasteiger partial charge in [-0.3, -0.25) is 0 Å². The first-order valence-electron chi connectivity index (χ1n) is 7.94. The molecule has 4 rings (SSSR count). The molecule has 20 heavy (non-hydrogen) atoms. The van der Waals surface area contributed by atoms with Gasteiger partial charge in [0.05, 0.1) is 4.34 Å². The van der Waals surface area contributed by atoms with Crippen LogP contribution in [-0.4, -0.2) is 6.04 Å². The molecule has 0 aliphatic heterocycles. The number of thiophene rings is 1. The zero-order chi connectivity index (χ0) is 14.1. The summed E-state index contributed by atoms with van der Waals surface area (Å²) in [6.45, 7) is 7.47. The number of aryl methyl sites for hydroxylation is 1. The van der Waals surface area contributed by atoms with Gasteiger partial charge in [-0.25, -0.2) is 0 Å². The molecule has 4 unspecified atom stereocenters. The Kier molecular flexibility index (Phi) is 2.88. The van der Waals surface area contributed by atoms with Crippen molar-refractivity contribution < 1.29 is 0 Å². The van der Waals surface area contributed by atoms with E-state index in [0.717, 1.165) is 10.3 Å². The maximum atomic E-state index is 6.20. The standard InChI is InChI=1S/C17H24ClNS/c1-16(2)10-6-7-17(3,9-10)15(16)19-12-4-5-13-11(12)8-14(18)20-13/h8,10,12,15,19H,4-7,9H2,1-3H3. The smallest absolute Gasteiger partial charge is 0.0934 e. The van der Waals surface area contributed by atoms with Gasteiger partial charge in [-0.2, -0.15) is 0 Å². The highest BCUT2D eigenvalue weighted by atomic mass is 35.5. The van der Waals surface area contributed by atoms with Gasteiger partial charge in [-0.1, -0.05) is 32.4 Å². The van der Waals surface area contributed by atoms with Crippen molar-refractivity contribution in [2.24, 2.45) is 16.7 Å². The minimum Gasteiger partial charge on any atom is -0.306 e. The molecule has 0 radical (unpaired) electrons. The van der Waals surface area contributed by atoms with Gasteiger partial charge in [0.2, 0.25) is 0 Å². The van der Waals surface area contributed by atoms with E-state index in [1.165, 1.54) is 42.5 Å². The Morgan fingerprint density at radius 3 is 2.80 bits per heavy atom. The second kappa shape index (κ2) is 4.24. The van der Waals surface area contributed by atoms with Crippen molar-refractivity contribution in [3.63, 3.8) is 0 Å². The third-order valence-electron chi connectivity index (χ3n) is 6.48. The Hall–Kier alpha value is -0.0500. The van der Waals surface area contributed by atoms with Crippen LogP contribution in [0, 0.1) is 16.7 Å². The average molecular weight is 310 g/mol. The molecule has 3 aliphatic carbocycles. The number of hydrogen-bond donors (Lipinski definition) is 1. The molecule has 0 amide bonds. The predicted octanol–water partition coefficient (Wildman–Crippen LogP) is 5.19. The van der Waals surface area contributed by atoms with E-state index < -0.39 is 0 Å². The predicted molar refractivity (Wildman–Crippen MR) is 86.5 cm³/mol. The Balaban J connectivity index is 1.61. The maximum absolute atomic E-state index is 6.20. The van der Waals surface area contributed by atoms with Crippen molar-refractivity contribution in [2.45, 2.75) is 65.0 Å². The Bertz CT molecular complexity index is 544. The Labute approximate surface area is 131 Å². The van der Waals surface area contributed by atoms with E-state index in [4.69, 9.17) is 11.6 Å². The second-order valence-corrected chi connectivity index (χ2v) is 9.80. The SMILES string of the molecule is CC12CCC(C1)C(C)(C)C2NC1CCc2sc(Cl)cc21. The van der Waals surface area contributed by atoms with Crippen LogP contribution < -0.4 is 5.32 Å². The van der Waals surface area contributed by atoms with Crippen molar-refractivity contribution in [1.29, 1.82) is 0 Å². The highest BCUT2D eigenvalue weighted by Crippen LogP contribution is 2.63. The van der Waals surface area contributed by atoms with Crippen molar-refractivity contribution >= 4 is 22.9 Å². The topological polar surface area (TPSA) is 12.0 Å².